The minimum atomic E-state index is -0.930. The average molecular weight is 404 g/mol. The minimum Gasteiger partial charge on any atom is -0.267 e. The molecule has 3 aromatic rings. The van der Waals surface area contributed by atoms with Crippen molar-refractivity contribution in [1.82, 2.24) is 9.36 Å². The quantitative estimate of drug-likeness (QED) is 0.475. The zero-order valence-electron chi connectivity index (χ0n) is 17.0. The number of rotatable bonds is 2. The van der Waals surface area contributed by atoms with Gasteiger partial charge >= 0.3 is 23.6 Å². The van der Waals surface area contributed by atoms with Crippen LogP contribution >= 0.6 is 0 Å². The second-order valence-corrected chi connectivity index (χ2v) is 7.99. The molecule has 150 valence electrons. The van der Waals surface area contributed by atoms with Crippen molar-refractivity contribution in [2.24, 2.45) is 0 Å². The van der Waals surface area contributed by atoms with Crippen molar-refractivity contribution in [3.63, 3.8) is 0 Å². The standard InChI is InChI=1S/C22H20N4O4/c1-11-9-12(2)24-20(28)17(19(27)23(11)24)15-5-7-16(8-6-15)18-21(29)25-13(3)10-14(4)26(25)22(18)30/h5-10,17-18H,1-4H3/q+2. The lowest BCUT2D eigenvalue weighted by Gasteiger charge is -2.06. The van der Waals surface area contributed by atoms with Crippen LogP contribution < -0.4 is 9.36 Å². The summed E-state index contributed by atoms with van der Waals surface area (Å²) in [6, 6.07) is 10.2. The van der Waals surface area contributed by atoms with Crippen LogP contribution in [-0.4, -0.2) is 33.0 Å². The molecule has 1 aromatic carbocycles. The molecule has 0 spiro atoms. The fraction of sp³-hybridized carbons (Fsp3) is 0.273. The van der Waals surface area contributed by atoms with E-state index in [0.29, 0.717) is 33.9 Å². The molecule has 0 amide bonds. The summed E-state index contributed by atoms with van der Waals surface area (Å²) in [7, 11) is 0. The van der Waals surface area contributed by atoms with Crippen molar-refractivity contribution >= 4 is 23.6 Å². The minimum absolute atomic E-state index is 0.302. The maximum atomic E-state index is 12.9. The van der Waals surface area contributed by atoms with Crippen molar-refractivity contribution in [2.75, 3.05) is 0 Å². The molecule has 0 unspecified atom stereocenters. The van der Waals surface area contributed by atoms with Crippen LogP contribution in [0.15, 0.2) is 36.4 Å². The van der Waals surface area contributed by atoms with Gasteiger partial charge in [-0.2, -0.15) is 0 Å². The third kappa shape index (κ3) is 2.16. The monoisotopic (exact) mass is 404 g/mol. The Morgan fingerprint density at radius 3 is 1.27 bits per heavy atom. The molecule has 0 atom stereocenters. The van der Waals surface area contributed by atoms with Crippen molar-refractivity contribution in [3.8, 4) is 0 Å². The van der Waals surface area contributed by atoms with Crippen LogP contribution in [0.3, 0.4) is 0 Å². The molecule has 2 aliphatic rings. The summed E-state index contributed by atoms with van der Waals surface area (Å²) < 4.78 is 5.59. The first-order chi connectivity index (χ1) is 14.2. The number of nitrogens with zero attached hydrogens (tertiary/aromatic N) is 4. The second-order valence-electron chi connectivity index (χ2n) is 7.99. The van der Waals surface area contributed by atoms with E-state index in [2.05, 4.69) is 0 Å². The van der Waals surface area contributed by atoms with Crippen LogP contribution in [0.25, 0.3) is 0 Å². The van der Waals surface area contributed by atoms with Crippen molar-refractivity contribution in [3.05, 3.63) is 70.3 Å². The van der Waals surface area contributed by atoms with E-state index in [1.807, 2.05) is 0 Å². The predicted molar refractivity (Wildman–Crippen MR) is 103 cm³/mol. The molecule has 0 N–H and O–H groups in total. The summed E-state index contributed by atoms with van der Waals surface area (Å²) in [6.07, 6.45) is 0. The maximum Gasteiger partial charge on any atom is 0.433 e. The van der Waals surface area contributed by atoms with Crippen molar-refractivity contribution < 1.29 is 28.5 Å². The van der Waals surface area contributed by atoms with Crippen molar-refractivity contribution in [2.45, 2.75) is 39.5 Å². The number of aromatic nitrogens is 4. The van der Waals surface area contributed by atoms with Gasteiger partial charge in [0, 0.05) is 26.0 Å². The van der Waals surface area contributed by atoms with Gasteiger partial charge in [0.25, 0.3) is 0 Å². The number of aryl methyl sites for hydroxylation is 4. The summed E-state index contributed by atoms with van der Waals surface area (Å²) in [5.41, 5.74) is 3.91. The van der Waals surface area contributed by atoms with E-state index in [4.69, 9.17) is 0 Å². The molecule has 0 saturated carbocycles. The number of hydrogen-bond acceptors (Lipinski definition) is 4. The van der Waals surface area contributed by atoms with Gasteiger partial charge < -0.3 is 0 Å². The third-order valence-corrected chi connectivity index (χ3v) is 6.00. The van der Waals surface area contributed by atoms with E-state index < -0.39 is 11.8 Å². The summed E-state index contributed by atoms with van der Waals surface area (Å²) in [6.45, 7) is 7.14. The molecule has 0 radical (unpaired) electrons. The molecule has 4 heterocycles. The van der Waals surface area contributed by atoms with Gasteiger partial charge in [0.1, 0.15) is 0 Å². The normalized spacial score (nSPS) is 20.3. The molecule has 0 bridgehead atoms. The van der Waals surface area contributed by atoms with E-state index in [1.54, 1.807) is 64.1 Å². The highest BCUT2D eigenvalue weighted by Gasteiger charge is 2.52. The zero-order valence-corrected chi connectivity index (χ0v) is 17.0. The Hall–Kier alpha value is -3.68. The van der Waals surface area contributed by atoms with Crippen LogP contribution in [0.1, 0.15) is 64.9 Å². The van der Waals surface area contributed by atoms with Gasteiger partial charge in [0.05, 0.1) is 11.4 Å². The lowest BCUT2D eigenvalue weighted by Crippen LogP contribution is -2.47. The van der Waals surface area contributed by atoms with Gasteiger partial charge in [0.15, 0.2) is 11.8 Å². The first kappa shape index (κ1) is 18.4. The highest BCUT2D eigenvalue weighted by molar-refractivity contribution is 6.07. The van der Waals surface area contributed by atoms with Gasteiger partial charge in [-0.3, -0.25) is 9.59 Å². The summed E-state index contributed by atoms with van der Waals surface area (Å²) in [4.78, 5) is 51.5. The van der Waals surface area contributed by atoms with Crippen LogP contribution in [0.5, 0.6) is 0 Å². The first-order valence-electron chi connectivity index (χ1n) is 9.71. The molecule has 0 fully saturated rings. The van der Waals surface area contributed by atoms with Crippen LogP contribution in [0.2, 0.25) is 0 Å². The van der Waals surface area contributed by atoms with E-state index in [0.717, 1.165) is 0 Å². The molecule has 0 saturated heterocycles. The first-order valence-corrected chi connectivity index (χ1v) is 9.71. The van der Waals surface area contributed by atoms with E-state index in [9.17, 15) is 19.2 Å². The largest absolute Gasteiger partial charge is 0.433 e. The predicted octanol–water partition coefficient (Wildman–Crippen LogP) is 1.25. The Bertz CT molecular complexity index is 1140. The SMILES string of the molecule is Cc1cc(C)[n+]2n1C(=O)C(c1ccc(C3C(=O)n4c(C)cc(C)[n+]4C3=O)cc1)C2=O. The number of hydrogen-bond donors (Lipinski definition) is 0. The highest BCUT2D eigenvalue weighted by atomic mass is 16.2. The van der Waals surface area contributed by atoms with Gasteiger partial charge in [-0.25, -0.2) is 9.59 Å². The Morgan fingerprint density at radius 1 is 0.633 bits per heavy atom. The Balaban J connectivity index is 1.49. The Kier molecular flexibility index (Phi) is 3.62. The molecule has 5 rings (SSSR count). The van der Waals surface area contributed by atoms with Gasteiger partial charge in [-0.15, -0.1) is 0 Å². The molecular formula is C22H20N4O4+2. The van der Waals surface area contributed by atoms with Crippen molar-refractivity contribution in [1.29, 1.82) is 0 Å². The molecule has 2 aromatic heterocycles. The van der Waals surface area contributed by atoms with Crippen LogP contribution in [0, 0.1) is 27.7 Å². The number of fused-ring (bicyclic) bond motifs is 2. The number of benzene rings is 1. The van der Waals surface area contributed by atoms with E-state index in [-0.39, 0.29) is 23.6 Å². The fourth-order valence-corrected chi connectivity index (χ4v) is 4.72. The summed E-state index contributed by atoms with van der Waals surface area (Å²) in [5.74, 6) is -3.07. The lowest BCUT2D eigenvalue weighted by atomic mass is 9.92. The topological polar surface area (TPSA) is 85.9 Å². The van der Waals surface area contributed by atoms with Gasteiger partial charge in [-0.1, -0.05) is 33.6 Å². The number of carbonyl (C=O) groups is 4. The Labute approximate surface area is 171 Å². The fourth-order valence-electron chi connectivity index (χ4n) is 4.72. The summed E-state index contributed by atoms with van der Waals surface area (Å²) in [5, 5.41) is 0. The highest BCUT2D eigenvalue weighted by Crippen LogP contribution is 2.28. The average Bonchev–Trinajstić information content (AvgIpc) is 3.33. The molecule has 2 aliphatic heterocycles. The molecule has 8 heteroatoms. The molecule has 8 nitrogen and oxygen atoms in total. The molecular weight excluding hydrogens is 384 g/mol. The number of carbonyl (C=O) groups excluding carboxylic acids is 4. The van der Waals surface area contributed by atoms with Crippen LogP contribution in [-0.2, 0) is 0 Å². The Morgan fingerprint density at radius 2 is 0.967 bits per heavy atom. The third-order valence-electron chi connectivity index (χ3n) is 6.00. The van der Waals surface area contributed by atoms with E-state index in [1.165, 1.54) is 18.7 Å². The van der Waals surface area contributed by atoms with Gasteiger partial charge in [0.2, 0.25) is 11.4 Å². The van der Waals surface area contributed by atoms with E-state index >= 15 is 0 Å². The maximum absolute atomic E-state index is 12.9. The smallest absolute Gasteiger partial charge is 0.267 e. The van der Waals surface area contributed by atoms with Crippen LogP contribution in [0.4, 0.5) is 0 Å². The lowest BCUT2D eigenvalue weighted by molar-refractivity contribution is -0.649. The second kappa shape index (κ2) is 5.91. The van der Waals surface area contributed by atoms with Gasteiger partial charge in [-0.05, 0) is 34.3 Å². The molecule has 0 aliphatic carbocycles. The molecule has 30 heavy (non-hydrogen) atoms. The summed E-state index contributed by atoms with van der Waals surface area (Å²) >= 11 is 0. The zero-order chi connectivity index (χ0) is 21.5.